The van der Waals surface area contributed by atoms with Gasteiger partial charge in [-0.05, 0) is 6.07 Å². The predicted molar refractivity (Wildman–Crippen MR) is 73.9 cm³/mol. The molecule has 7 nitrogen and oxygen atoms in total. The summed E-state index contributed by atoms with van der Waals surface area (Å²) in [6, 6.07) is 1.15. The molecule has 26 heavy (non-hydrogen) atoms. The van der Waals surface area contributed by atoms with Crippen molar-refractivity contribution in [2.45, 2.75) is 24.7 Å². The first-order valence-electron chi connectivity index (χ1n) is 7.07. The summed E-state index contributed by atoms with van der Waals surface area (Å²) in [4.78, 5) is 28.0. The van der Waals surface area contributed by atoms with E-state index in [1.54, 1.807) is 6.07 Å². The standard InChI is InChI=1S/C14H11F5N4O3/c15-13(16)3-8(4-20)23(7-13)11(24)6-22-12(25)9-1-2-21-5-10(9)26-14(17,18)19/h1-2,5,8H,3,6-7H2,(H,22,25). The lowest BCUT2D eigenvalue weighted by Gasteiger charge is -2.19. The van der Waals surface area contributed by atoms with Gasteiger partial charge in [0, 0.05) is 12.6 Å². The fourth-order valence-corrected chi connectivity index (χ4v) is 2.32. The number of rotatable bonds is 4. The molecule has 2 amide bonds. The van der Waals surface area contributed by atoms with Crippen LogP contribution in [0.5, 0.6) is 5.75 Å². The highest BCUT2D eigenvalue weighted by Gasteiger charge is 2.47. The van der Waals surface area contributed by atoms with Crippen molar-refractivity contribution < 1.29 is 36.3 Å². The fraction of sp³-hybridized carbons (Fsp3) is 0.429. The number of hydrogen-bond acceptors (Lipinski definition) is 5. The predicted octanol–water partition coefficient (Wildman–Crippen LogP) is 1.47. The minimum absolute atomic E-state index is 0.547. The van der Waals surface area contributed by atoms with Gasteiger partial charge in [-0.3, -0.25) is 14.6 Å². The summed E-state index contributed by atoms with van der Waals surface area (Å²) in [6.45, 7) is -1.75. The molecule has 0 aliphatic carbocycles. The molecule has 1 aromatic rings. The van der Waals surface area contributed by atoms with Crippen molar-refractivity contribution in [1.82, 2.24) is 15.2 Å². The second-order valence-corrected chi connectivity index (χ2v) is 5.33. The van der Waals surface area contributed by atoms with Gasteiger partial charge in [0.2, 0.25) is 5.91 Å². The monoisotopic (exact) mass is 378 g/mol. The normalized spacial score (nSPS) is 18.9. The summed E-state index contributed by atoms with van der Waals surface area (Å²) in [7, 11) is 0. The molecule has 1 atom stereocenters. The van der Waals surface area contributed by atoms with Crippen molar-refractivity contribution in [3.63, 3.8) is 0 Å². The van der Waals surface area contributed by atoms with E-state index in [1.807, 2.05) is 5.32 Å². The Balaban J connectivity index is 2.03. The Labute approximate surface area is 143 Å². The molecule has 1 N–H and O–H groups in total. The molecule has 0 spiro atoms. The SMILES string of the molecule is N#CC1CC(F)(F)CN1C(=O)CNC(=O)c1ccncc1OC(F)(F)F. The Bertz CT molecular complexity index is 747. The highest BCUT2D eigenvalue weighted by molar-refractivity contribution is 5.98. The third-order valence-electron chi connectivity index (χ3n) is 3.39. The Hall–Kier alpha value is -2.97. The second-order valence-electron chi connectivity index (χ2n) is 5.33. The molecule has 1 aliphatic heterocycles. The van der Waals surface area contributed by atoms with Crippen molar-refractivity contribution in [3.8, 4) is 11.8 Å². The van der Waals surface area contributed by atoms with Crippen LogP contribution in [0.15, 0.2) is 18.5 Å². The summed E-state index contributed by atoms with van der Waals surface area (Å²) in [6.07, 6.45) is -4.18. The molecule has 1 fully saturated rings. The summed E-state index contributed by atoms with van der Waals surface area (Å²) >= 11 is 0. The first-order chi connectivity index (χ1) is 12.0. The number of hydrogen-bond donors (Lipinski definition) is 1. The van der Waals surface area contributed by atoms with Crippen LogP contribution in [0.25, 0.3) is 0 Å². The molecule has 2 rings (SSSR count). The highest BCUT2D eigenvalue weighted by atomic mass is 19.4. The van der Waals surface area contributed by atoms with Crippen LogP contribution in [0.3, 0.4) is 0 Å². The number of aromatic nitrogens is 1. The molecular weight excluding hydrogens is 367 g/mol. The number of ether oxygens (including phenoxy) is 1. The average molecular weight is 378 g/mol. The first kappa shape index (κ1) is 19.4. The molecule has 1 aliphatic rings. The van der Waals surface area contributed by atoms with E-state index >= 15 is 0 Å². The zero-order valence-corrected chi connectivity index (χ0v) is 12.9. The third-order valence-corrected chi connectivity index (χ3v) is 3.39. The maximum Gasteiger partial charge on any atom is 0.573 e. The molecule has 0 bridgehead atoms. The molecular formula is C14H11F5N4O3. The van der Waals surface area contributed by atoms with Crippen molar-refractivity contribution in [2.75, 3.05) is 13.1 Å². The number of nitrogens with zero attached hydrogens (tertiary/aromatic N) is 3. The van der Waals surface area contributed by atoms with E-state index in [2.05, 4.69) is 9.72 Å². The zero-order chi connectivity index (χ0) is 19.5. The molecule has 0 aromatic carbocycles. The molecule has 1 aromatic heterocycles. The van der Waals surface area contributed by atoms with Gasteiger partial charge in [-0.25, -0.2) is 8.78 Å². The summed E-state index contributed by atoms with van der Waals surface area (Å²) in [5, 5.41) is 10.8. The minimum Gasteiger partial charge on any atom is -0.403 e. The van der Waals surface area contributed by atoms with Crippen molar-refractivity contribution >= 4 is 11.8 Å². The Morgan fingerprint density at radius 2 is 2.15 bits per heavy atom. The third kappa shape index (κ3) is 4.78. The van der Waals surface area contributed by atoms with Gasteiger partial charge in [0.15, 0.2) is 5.75 Å². The Morgan fingerprint density at radius 3 is 2.77 bits per heavy atom. The summed E-state index contributed by atoms with van der Waals surface area (Å²) in [5.74, 6) is -6.17. The number of carbonyl (C=O) groups is 2. The van der Waals surface area contributed by atoms with E-state index in [4.69, 9.17) is 5.26 Å². The van der Waals surface area contributed by atoms with Crippen LogP contribution in [0.2, 0.25) is 0 Å². The maximum atomic E-state index is 13.3. The number of amides is 2. The molecule has 1 saturated heterocycles. The first-order valence-corrected chi connectivity index (χ1v) is 7.07. The van der Waals surface area contributed by atoms with Gasteiger partial charge in [-0.1, -0.05) is 0 Å². The van der Waals surface area contributed by atoms with Gasteiger partial charge in [-0.2, -0.15) is 5.26 Å². The Kier molecular flexibility index (Phi) is 5.29. The molecule has 0 radical (unpaired) electrons. The van der Waals surface area contributed by atoms with Crippen LogP contribution in [-0.2, 0) is 4.79 Å². The van der Waals surface area contributed by atoms with E-state index in [-0.39, 0.29) is 0 Å². The van der Waals surface area contributed by atoms with Crippen LogP contribution in [0, 0.1) is 11.3 Å². The van der Waals surface area contributed by atoms with Crippen molar-refractivity contribution in [1.29, 1.82) is 5.26 Å². The van der Waals surface area contributed by atoms with E-state index < -0.39 is 61.0 Å². The van der Waals surface area contributed by atoms with E-state index in [0.717, 1.165) is 12.3 Å². The van der Waals surface area contributed by atoms with E-state index in [1.165, 1.54) is 0 Å². The van der Waals surface area contributed by atoms with Gasteiger partial charge in [-0.15, -0.1) is 13.2 Å². The van der Waals surface area contributed by atoms with Crippen LogP contribution in [-0.4, -0.2) is 53.1 Å². The van der Waals surface area contributed by atoms with Crippen LogP contribution in [0.1, 0.15) is 16.8 Å². The second kappa shape index (κ2) is 7.11. The lowest BCUT2D eigenvalue weighted by molar-refractivity contribution is -0.274. The van der Waals surface area contributed by atoms with Crippen molar-refractivity contribution in [2.24, 2.45) is 0 Å². The number of nitrogens with one attached hydrogen (secondary N) is 1. The average Bonchev–Trinajstić information content (AvgIpc) is 2.86. The number of likely N-dealkylation sites (tertiary alicyclic amines) is 1. The van der Waals surface area contributed by atoms with Gasteiger partial charge in [0.1, 0.15) is 6.04 Å². The highest BCUT2D eigenvalue weighted by Crippen LogP contribution is 2.31. The van der Waals surface area contributed by atoms with Crippen LogP contribution >= 0.6 is 0 Å². The van der Waals surface area contributed by atoms with Crippen molar-refractivity contribution in [3.05, 3.63) is 24.0 Å². The van der Waals surface area contributed by atoms with E-state index in [0.29, 0.717) is 11.1 Å². The number of nitriles is 1. The number of alkyl halides is 5. The lowest BCUT2D eigenvalue weighted by atomic mass is 10.2. The topological polar surface area (TPSA) is 95.3 Å². The van der Waals surface area contributed by atoms with Gasteiger partial charge >= 0.3 is 6.36 Å². The number of halogens is 5. The van der Waals surface area contributed by atoms with Crippen LogP contribution < -0.4 is 10.1 Å². The molecule has 0 saturated carbocycles. The summed E-state index contributed by atoms with van der Waals surface area (Å²) in [5.41, 5.74) is -0.547. The lowest BCUT2D eigenvalue weighted by Crippen LogP contribution is -2.43. The zero-order valence-electron chi connectivity index (χ0n) is 12.9. The quantitative estimate of drug-likeness (QED) is 0.801. The van der Waals surface area contributed by atoms with Crippen LogP contribution in [0.4, 0.5) is 22.0 Å². The van der Waals surface area contributed by atoms with E-state index in [9.17, 15) is 31.5 Å². The molecule has 140 valence electrons. The smallest absolute Gasteiger partial charge is 0.403 e. The van der Waals surface area contributed by atoms with Gasteiger partial charge in [0.05, 0.1) is 30.9 Å². The number of carbonyl (C=O) groups excluding carboxylic acids is 2. The largest absolute Gasteiger partial charge is 0.573 e. The molecule has 1 unspecified atom stereocenters. The number of pyridine rings is 1. The fourth-order valence-electron chi connectivity index (χ4n) is 2.32. The molecule has 12 heteroatoms. The maximum absolute atomic E-state index is 13.3. The molecule has 2 heterocycles. The minimum atomic E-state index is -5.06. The Morgan fingerprint density at radius 1 is 1.46 bits per heavy atom. The van der Waals surface area contributed by atoms with Gasteiger partial charge in [0.25, 0.3) is 11.8 Å². The summed E-state index contributed by atoms with van der Waals surface area (Å²) < 4.78 is 67.2. The van der Waals surface area contributed by atoms with Gasteiger partial charge < -0.3 is 15.0 Å².